The second kappa shape index (κ2) is 8.79. The lowest BCUT2D eigenvalue weighted by molar-refractivity contribution is 0.0586. The highest BCUT2D eigenvalue weighted by Gasteiger charge is 2.20. The molecule has 0 spiro atoms. The summed E-state index contributed by atoms with van der Waals surface area (Å²) in [5.41, 5.74) is 8.41. The topological polar surface area (TPSA) is 166 Å². The number of hydrogen-bond donors (Lipinski definition) is 3. The Morgan fingerprint density at radius 1 is 1.13 bits per heavy atom. The minimum atomic E-state index is -1.31. The second-order valence-corrected chi connectivity index (χ2v) is 6.64. The highest BCUT2D eigenvalue weighted by atomic mass is 16.5. The lowest BCUT2D eigenvalue weighted by atomic mass is 10.1. The minimum absolute atomic E-state index is 0.0808. The van der Waals surface area contributed by atoms with Crippen LogP contribution in [0.3, 0.4) is 0 Å². The van der Waals surface area contributed by atoms with Gasteiger partial charge in [-0.25, -0.2) is 19.4 Å². The summed E-state index contributed by atoms with van der Waals surface area (Å²) in [5.74, 6) is -2.81. The Bertz CT molecular complexity index is 1170. The predicted octanol–water partition coefficient (Wildman–Crippen LogP) is 1.34. The highest BCUT2D eigenvalue weighted by Crippen LogP contribution is 2.29. The third-order valence-electron chi connectivity index (χ3n) is 4.73. The Hall–Kier alpha value is -3.99. The van der Waals surface area contributed by atoms with E-state index in [4.69, 9.17) is 10.8 Å². The quantitative estimate of drug-likeness (QED) is 0.518. The van der Waals surface area contributed by atoms with Gasteiger partial charge in [0.15, 0.2) is 5.69 Å². The third-order valence-corrected chi connectivity index (χ3v) is 4.73. The van der Waals surface area contributed by atoms with Crippen molar-refractivity contribution in [3.63, 3.8) is 0 Å². The molecule has 1 aliphatic carbocycles. The van der Waals surface area contributed by atoms with Gasteiger partial charge in [0.2, 0.25) is 11.7 Å². The second-order valence-electron chi connectivity index (χ2n) is 6.64. The van der Waals surface area contributed by atoms with Crippen LogP contribution >= 0.6 is 0 Å². The van der Waals surface area contributed by atoms with E-state index in [1.165, 1.54) is 12.7 Å². The fourth-order valence-corrected chi connectivity index (χ4v) is 3.22. The van der Waals surface area contributed by atoms with Crippen LogP contribution in [0.4, 0.5) is 0 Å². The van der Waals surface area contributed by atoms with Crippen LogP contribution in [-0.2, 0) is 15.9 Å². The molecule has 2 heterocycles. The molecule has 162 valence electrons. The smallest absolute Gasteiger partial charge is 0.355 e. The number of methoxy groups -OCH3 is 2. The molecule has 4 N–H and O–H groups in total. The first kappa shape index (κ1) is 21.7. The summed E-state index contributed by atoms with van der Waals surface area (Å²) < 4.78 is 10.3. The molecule has 11 nitrogen and oxygen atoms in total. The number of aromatic hydroxyl groups is 1. The van der Waals surface area contributed by atoms with Crippen LogP contribution in [-0.4, -0.2) is 56.7 Å². The number of hydrogen-bond acceptors (Lipinski definition) is 9. The van der Waals surface area contributed by atoms with Crippen molar-refractivity contribution in [2.75, 3.05) is 14.2 Å². The normalized spacial score (nSPS) is 14.4. The number of carbonyl (C=O) groups is 3. The number of carbonyl (C=O) groups excluding carboxylic acids is 2. The van der Waals surface area contributed by atoms with Gasteiger partial charge in [-0.1, -0.05) is 6.07 Å². The molecule has 0 amide bonds. The lowest BCUT2D eigenvalue weighted by Gasteiger charge is -2.05. The van der Waals surface area contributed by atoms with Crippen LogP contribution < -0.4 is 5.73 Å². The van der Waals surface area contributed by atoms with Crippen molar-refractivity contribution in [1.82, 2.24) is 14.4 Å². The van der Waals surface area contributed by atoms with E-state index in [2.05, 4.69) is 19.4 Å². The molecular weight excluding hydrogens is 408 g/mol. The van der Waals surface area contributed by atoms with Crippen molar-refractivity contribution in [1.29, 1.82) is 0 Å². The van der Waals surface area contributed by atoms with Crippen molar-refractivity contribution < 1.29 is 34.1 Å². The van der Waals surface area contributed by atoms with E-state index in [-0.39, 0.29) is 35.1 Å². The summed E-state index contributed by atoms with van der Waals surface area (Å²) in [4.78, 5) is 40.7. The van der Waals surface area contributed by atoms with Gasteiger partial charge < -0.3 is 25.4 Å². The molecule has 0 saturated carbocycles. The molecule has 1 aliphatic rings. The van der Waals surface area contributed by atoms with Crippen LogP contribution in [0.1, 0.15) is 54.9 Å². The number of nitrogens with zero attached hydrogens (tertiary/aromatic N) is 3. The van der Waals surface area contributed by atoms with E-state index in [0.29, 0.717) is 5.56 Å². The zero-order chi connectivity index (χ0) is 22.7. The van der Waals surface area contributed by atoms with Crippen LogP contribution in [0.2, 0.25) is 0 Å². The van der Waals surface area contributed by atoms with Crippen LogP contribution in [0, 0.1) is 0 Å². The van der Waals surface area contributed by atoms with Crippen molar-refractivity contribution in [3.05, 3.63) is 58.5 Å². The summed E-state index contributed by atoms with van der Waals surface area (Å²) in [5, 5.41) is 18.0. The number of aromatic nitrogens is 3. The molecule has 11 heteroatoms. The first-order valence-electron chi connectivity index (χ1n) is 9.12. The summed E-state index contributed by atoms with van der Waals surface area (Å²) in [7, 11) is 2.55. The fourth-order valence-electron chi connectivity index (χ4n) is 3.22. The van der Waals surface area contributed by atoms with Crippen molar-refractivity contribution in [2.45, 2.75) is 18.9 Å². The molecule has 0 aliphatic heterocycles. The maximum absolute atomic E-state index is 11.4. The van der Waals surface area contributed by atoms with Gasteiger partial charge in [-0.05, 0) is 36.1 Å². The number of rotatable bonds is 3. The molecule has 0 fully saturated rings. The molecule has 1 aromatic carbocycles. The molecule has 0 saturated heterocycles. The lowest BCUT2D eigenvalue weighted by Crippen LogP contribution is -2.12. The molecule has 0 radical (unpaired) electrons. The highest BCUT2D eigenvalue weighted by molar-refractivity contribution is 5.93. The van der Waals surface area contributed by atoms with Gasteiger partial charge in [-0.2, -0.15) is 4.98 Å². The maximum atomic E-state index is 11.4. The monoisotopic (exact) mass is 428 g/mol. The number of aromatic carboxylic acids is 1. The van der Waals surface area contributed by atoms with Crippen LogP contribution in [0.25, 0.3) is 5.78 Å². The van der Waals surface area contributed by atoms with Crippen LogP contribution in [0.15, 0.2) is 30.5 Å². The first-order chi connectivity index (χ1) is 14.7. The largest absolute Gasteiger partial charge is 0.492 e. The van der Waals surface area contributed by atoms with Gasteiger partial charge in [0.05, 0.1) is 26.0 Å². The van der Waals surface area contributed by atoms with Gasteiger partial charge in [-0.15, -0.1) is 0 Å². The summed E-state index contributed by atoms with van der Waals surface area (Å²) in [6.45, 7) is 0. The number of nitrogens with two attached hydrogens (primary N) is 1. The number of ether oxygens (including phenoxy) is 2. The molecule has 0 unspecified atom stereocenters. The van der Waals surface area contributed by atoms with E-state index >= 15 is 0 Å². The van der Waals surface area contributed by atoms with E-state index in [0.717, 1.165) is 42.2 Å². The Labute approximate surface area is 176 Å². The van der Waals surface area contributed by atoms with Gasteiger partial charge in [0, 0.05) is 12.1 Å². The van der Waals surface area contributed by atoms with E-state index in [1.54, 1.807) is 6.07 Å². The SMILES string of the molecule is COC(=O)c1cc(C(=O)O)nc2nc(O)cn12.COC(=O)c1ccc2c(c1)CC[C@@H]2N. The van der Waals surface area contributed by atoms with Crippen molar-refractivity contribution >= 4 is 23.7 Å². The zero-order valence-corrected chi connectivity index (χ0v) is 16.7. The molecule has 2 aromatic heterocycles. The Morgan fingerprint density at radius 3 is 2.48 bits per heavy atom. The van der Waals surface area contributed by atoms with Crippen LogP contribution in [0.5, 0.6) is 5.88 Å². The Balaban J connectivity index is 0.000000179. The number of carboxylic acids is 1. The number of aryl methyl sites for hydroxylation is 1. The molecular formula is C20H20N4O7. The maximum Gasteiger partial charge on any atom is 0.355 e. The average molecular weight is 428 g/mol. The van der Waals surface area contributed by atoms with E-state index in [1.807, 2.05) is 12.1 Å². The standard InChI is InChI=1S/C11H13NO2.C9H7N3O5/c1-14-11(13)8-2-4-9-7(6-8)3-5-10(9)12;1-17-8(16)5-2-4(7(14)15)10-9-11-6(13)3-12(5)9/h2,4,6,10H,3,5,12H2,1H3;2-3,13H,1H3,(H,14,15)/t10-;/m0./s1. The zero-order valence-electron chi connectivity index (χ0n) is 16.7. The fraction of sp³-hybridized carbons (Fsp3) is 0.250. The van der Waals surface area contributed by atoms with Gasteiger partial charge >= 0.3 is 17.9 Å². The van der Waals surface area contributed by atoms with Crippen molar-refractivity contribution in [3.8, 4) is 5.88 Å². The van der Waals surface area contributed by atoms with Gasteiger partial charge in [-0.3, -0.25) is 4.40 Å². The van der Waals surface area contributed by atoms with Crippen molar-refractivity contribution in [2.24, 2.45) is 5.73 Å². The molecule has 31 heavy (non-hydrogen) atoms. The van der Waals surface area contributed by atoms with E-state index < -0.39 is 11.9 Å². The molecule has 3 aromatic rings. The number of imidazole rings is 1. The summed E-state index contributed by atoms with van der Waals surface area (Å²) in [6.07, 6.45) is 3.07. The average Bonchev–Trinajstić information content (AvgIpc) is 3.33. The van der Waals surface area contributed by atoms with Gasteiger partial charge in [0.25, 0.3) is 0 Å². The first-order valence-corrected chi connectivity index (χ1v) is 9.12. The number of benzene rings is 1. The predicted molar refractivity (Wildman–Crippen MR) is 106 cm³/mol. The number of fused-ring (bicyclic) bond motifs is 2. The summed E-state index contributed by atoms with van der Waals surface area (Å²) >= 11 is 0. The molecule has 4 rings (SSSR count). The van der Waals surface area contributed by atoms with E-state index in [9.17, 15) is 19.5 Å². The molecule has 1 atom stereocenters. The number of carboxylic acid groups (broad SMARTS) is 1. The Kier molecular flexibility index (Phi) is 6.16. The molecule has 0 bridgehead atoms. The Morgan fingerprint density at radius 2 is 1.84 bits per heavy atom. The van der Waals surface area contributed by atoms with Gasteiger partial charge in [0.1, 0.15) is 5.69 Å². The summed E-state index contributed by atoms with van der Waals surface area (Å²) in [6, 6.07) is 6.77. The minimum Gasteiger partial charge on any atom is -0.492 e. The third kappa shape index (κ3) is 4.46. The number of esters is 2.